The molecule has 1 atom stereocenters. The number of hydrogen-bond acceptors (Lipinski definition) is 3. The van der Waals surface area contributed by atoms with Crippen molar-refractivity contribution in [2.45, 2.75) is 72.0 Å². The van der Waals surface area contributed by atoms with E-state index in [1.165, 1.54) is 37.9 Å². The molecule has 3 heteroatoms. The molecule has 2 rings (SSSR count). The van der Waals surface area contributed by atoms with Crippen LogP contribution in [0, 0.1) is 0 Å². The maximum Gasteiger partial charge on any atom is 0.128 e. The lowest BCUT2D eigenvalue weighted by molar-refractivity contribution is 0.257. The van der Waals surface area contributed by atoms with E-state index in [2.05, 4.69) is 62.7 Å². The molecule has 0 amide bonds. The summed E-state index contributed by atoms with van der Waals surface area (Å²) in [5.74, 6) is 1.10. The molecule has 0 aliphatic carbocycles. The molecule has 1 aromatic heterocycles. The van der Waals surface area contributed by atoms with Crippen LogP contribution in [-0.4, -0.2) is 35.1 Å². The van der Waals surface area contributed by atoms with E-state index in [0.29, 0.717) is 18.1 Å². The van der Waals surface area contributed by atoms with Gasteiger partial charge in [0.2, 0.25) is 0 Å². The summed E-state index contributed by atoms with van der Waals surface area (Å²) in [4.78, 5) is 9.75. The number of likely N-dealkylation sites (tertiary alicyclic amines) is 1. The van der Waals surface area contributed by atoms with Crippen LogP contribution in [0.25, 0.3) is 0 Å². The minimum atomic E-state index is 0.478. The fraction of sp³-hybridized carbons (Fsp3) is 0.722. The molecule has 1 saturated heterocycles. The Bertz CT molecular complexity index is 417. The Hall–Kier alpha value is -1.09. The molecule has 0 N–H and O–H groups in total. The minimum Gasteiger partial charge on any atom is -0.352 e. The first-order valence-corrected chi connectivity index (χ1v) is 8.53. The SMILES string of the molecule is CCCN1CCC[C@@H]1c1ccc(N(C(C)C)C(C)C)nc1. The van der Waals surface area contributed by atoms with Gasteiger partial charge in [-0.25, -0.2) is 4.98 Å². The van der Waals surface area contributed by atoms with Gasteiger partial charge in [0.1, 0.15) is 5.82 Å². The summed E-state index contributed by atoms with van der Waals surface area (Å²) in [5, 5.41) is 0. The van der Waals surface area contributed by atoms with E-state index in [4.69, 9.17) is 4.98 Å². The molecule has 1 fully saturated rings. The van der Waals surface area contributed by atoms with Gasteiger partial charge in [0, 0.05) is 24.3 Å². The van der Waals surface area contributed by atoms with Crippen LogP contribution in [0.15, 0.2) is 18.3 Å². The molecular formula is C18H31N3. The van der Waals surface area contributed by atoms with Gasteiger partial charge in [-0.2, -0.15) is 0 Å². The summed E-state index contributed by atoms with van der Waals surface area (Å²) in [6, 6.07) is 6.03. The normalized spacial score (nSPS) is 19.7. The smallest absolute Gasteiger partial charge is 0.128 e. The van der Waals surface area contributed by atoms with E-state index in [1.807, 2.05) is 0 Å². The molecule has 3 nitrogen and oxygen atoms in total. The molecule has 0 bridgehead atoms. The van der Waals surface area contributed by atoms with Gasteiger partial charge in [-0.1, -0.05) is 13.0 Å². The average Bonchev–Trinajstić information content (AvgIpc) is 2.87. The lowest BCUT2D eigenvalue weighted by Crippen LogP contribution is -2.37. The number of nitrogens with zero attached hydrogens (tertiary/aromatic N) is 3. The first kappa shape index (κ1) is 16.3. The van der Waals surface area contributed by atoms with Crippen LogP contribution in [-0.2, 0) is 0 Å². The fourth-order valence-electron chi connectivity index (χ4n) is 3.63. The van der Waals surface area contributed by atoms with Crippen molar-refractivity contribution >= 4 is 5.82 Å². The predicted octanol–water partition coefficient (Wildman–Crippen LogP) is 4.25. The lowest BCUT2D eigenvalue weighted by Gasteiger charge is -2.32. The molecule has 0 saturated carbocycles. The first-order chi connectivity index (χ1) is 10.0. The molecule has 1 aliphatic heterocycles. The Balaban J connectivity index is 2.14. The van der Waals surface area contributed by atoms with Gasteiger partial charge in [0.05, 0.1) is 0 Å². The molecule has 21 heavy (non-hydrogen) atoms. The zero-order valence-electron chi connectivity index (χ0n) is 14.3. The molecule has 0 unspecified atom stereocenters. The van der Waals surface area contributed by atoms with Crippen molar-refractivity contribution < 1.29 is 0 Å². The van der Waals surface area contributed by atoms with E-state index in [0.717, 1.165) is 5.82 Å². The third kappa shape index (κ3) is 3.76. The van der Waals surface area contributed by atoms with E-state index < -0.39 is 0 Å². The second kappa shape index (κ2) is 7.26. The van der Waals surface area contributed by atoms with Crippen molar-refractivity contribution in [2.75, 3.05) is 18.0 Å². The van der Waals surface area contributed by atoms with Crippen LogP contribution < -0.4 is 4.90 Å². The van der Waals surface area contributed by atoms with Crippen LogP contribution in [0.5, 0.6) is 0 Å². The van der Waals surface area contributed by atoms with Gasteiger partial charge in [-0.3, -0.25) is 4.90 Å². The van der Waals surface area contributed by atoms with Crippen molar-refractivity contribution in [3.05, 3.63) is 23.9 Å². The Morgan fingerprint density at radius 2 is 1.95 bits per heavy atom. The number of aromatic nitrogens is 1. The third-order valence-electron chi connectivity index (χ3n) is 4.41. The van der Waals surface area contributed by atoms with Crippen molar-refractivity contribution in [1.29, 1.82) is 0 Å². The molecule has 1 aliphatic rings. The molecule has 0 spiro atoms. The molecule has 0 aromatic carbocycles. The third-order valence-corrected chi connectivity index (χ3v) is 4.41. The Morgan fingerprint density at radius 1 is 1.24 bits per heavy atom. The first-order valence-electron chi connectivity index (χ1n) is 8.53. The monoisotopic (exact) mass is 289 g/mol. The number of anilines is 1. The summed E-state index contributed by atoms with van der Waals surface area (Å²) in [7, 11) is 0. The highest BCUT2D eigenvalue weighted by Crippen LogP contribution is 2.32. The van der Waals surface area contributed by atoms with Crippen molar-refractivity contribution in [1.82, 2.24) is 9.88 Å². The molecule has 118 valence electrons. The topological polar surface area (TPSA) is 19.4 Å². The second-order valence-corrected chi connectivity index (χ2v) is 6.74. The van der Waals surface area contributed by atoms with Crippen molar-refractivity contribution in [3.63, 3.8) is 0 Å². The summed E-state index contributed by atoms with van der Waals surface area (Å²) in [6.45, 7) is 13.6. The standard InChI is InChI=1S/C18H31N3/c1-6-11-20-12-7-8-17(20)16-9-10-18(19-13-16)21(14(2)3)15(4)5/h9-10,13-15,17H,6-8,11-12H2,1-5H3/t17-/m1/s1. The van der Waals surface area contributed by atoms with Gasteiger partial charge in [0.15, 0.2) is 0 Å². The van der Waals surface area contributed by atoms with Crippen LogP contribution in [0.3, 0.4) is 0 Å². The molecule has 2 heterocycles. The van der Waals surface area contributed by atoms with Crippen molar-refractivity contribution in [3.8, 4) is 0 Å². The fourth-order valence-corrected chi connectivity index (χ4v) is 3.63. The predicted molar refractivity (Wildman–Crippen MR) is 90.8 cm³/mol. The minimum absolute atomic E-state index is 0.478. The van der Waals surface area contributed by atoms with Gasteiger partial charge in [-0.05, 0) is 71.7 Å². The number of hydrogen-bond donors (Lipinski definition) is 0. The second-order valence-electron chi connectivity index (χ2n) is 6.74. The number of pyridine rings is 1. The summed E-state index contributed by atoms with van der Waals surface area (Å²) >= 11 is 0. The van der Waals surface area contributed by atoms with Crippen LogP contribution in [0.1, 0.15) is 65.5 Å². The van der Waals surface area contributed by atoms with Gasteiger partial charge < -0.3 is 4.90 Å². The Labute approximate surface area is 130 Å². The van der Waals surface area contributed by atoms with E-state index in [-0.39, 0.29) is 0 Å². The Morgan fingerprint density at radius 3 is 2.48 bits per heavy atom. The highest BCUT2D eigenvalue weighted by Gasteiger charge is 2.25. The molecule has 1 aromatic rings. The highest BCUT2D eigenvalue weighted by molar-refractivity contribution is 5.41. The van der Waals surface area contributed by atoms with Crippen LogP contribution in [0.2, 0.25) is 0 Å². The lowest BCUT2D eigenvalue weighted by atomic mass is 10.1. The summed E-state index contributed by atoms with van der Waals surface area (Å²) < 4.78 is 0. The highest BCUT2D eigenvalue weighted by atomic mass is 15.2. The van der Waals surface area contributed by atoms with E-state index in [9.17, 15) is 0 Å². The van der Waals surface area contributed by atoms with E-state index >= 15 is 0 Å². The van der Waals surface area contributed by atoms with Crippen LogP contribution in [0.4, 0.5) is 5.82 Å². The Kier molecular flexibility index (Phi) is 5.63. The van der Waals surface area contributed by atoms with Gasteiger partial charge in [0.25, 0.3) is 0 Å². The molecule has 0 radical (unpaired) electrons. The average molecular weight is 289 g/mol. The van der Waals surface area contributed by atoms with Crippen molar-refractivity contribution in [2.24, 2.45) is 0 Å². The molecular weight excluding hydrogens is 258 g/mol. The summed E-state index contributed by atoms with van der Waals surface area (Å²) in [6.07, 6.45) is 5.93. The van der Waals surface area contributed by atoms with E-state index in [1.54, 1.807) is 0 Å². The van der Waals surface area contributed by atoms with Crippen LogP contribution >= 0.6 is 0 Å². The maximum atomic E-state index is 4.76. The summed E-state index contributed by atoms with van der Waals surface area (Å²) in [5.41, 5.74) is 1.39. The van der Waals surface area contributed by atoms with Gasteiger partial charge in [-0.15, -0.1) is 0 Å². The quantitative estimate of drug-likeness (QED) is 0.780. The zero-order valence-corrected chi connectivity index (χ0v) is 14.3. The van der Waals surface area contributed by atoms with Gasteiger partial charge >= 0.3 is 0 Å². The largest absolute Gasteiger partial charge is 0.352 e. The maximum absolute atomic E-state index is 4.76. The zero-order chi connectivity index (χ0) is 15.4. The number of rotatable bonds is 6.